The van der Waals surface area contributed by atoms with Gasteiger partial charge in [-0.05, 0) is 43.5 Å². The Morgan fingerprint density at radius 2 is 1.67 bits per heavy atom. The highest BCUT2D eigenvalue weighted by Crippen LogP contribution is 2.25. The number of hydrogen-bond acceptors (Lipinski definition) is 5. The van der Waals surface area contributed by atoms with Gasteiger partial charge in [-0.2, -0.15) is 0 Å². The second kappa shape index (κ2) is 11.1. The van der Waals surface area contributed by atoms with Crippen molar-refractivity contribution in [1.82, 2.24) is 0 Å². The Bertz CT molecular complexity index is 997. The van der Waals surface area contributed by atoms with Crippen LogP contribution in [0.4, 0.5) is 5.69 Å². The summed E-state index contributed by atoms with van der Waals surface area (Å²) in [4.78, 5) is 38.1. The summed E-state index contributed by atoms with van der Waals surface area (Å²) in [6, 6.07) is 13.2. The van der Waals surface area contributed by atoms with Gasteiger partial charge in [0.25, 0.3) is 5.91 Å². The zero-order chi connectivity index (χ0) is 23.8. The molecule has 176 valence electrons. The van der Waals surface area contributed by atoms with E-state index in [0.29, 0.717) is 15.7 Å². The SMILES string of the molecule is CCOC(=O)c1cc(C)cc(C)c1NC(=O)C[N+]1(CC(=O)OCc2ccccc2)CCCC1. The number of nitrogens with zero attached hydrogens (tertiary/aromatic N) is 1. The molecule has 33 heavy (non-hydrogen) atoms. The zero-order valence-corrected chi connectivity index (χ0v) is 19.7. The molecule has 0 unspecified atom stereocenters. The lowest BCUT2D eigenvalue weighted by Crippen LogP contribution is -2.53. The number of benzene rings is 2. The first-order chi connectivity index (χ1) is 15.8. The first kappa shape index (κ1) is 24.5. The first-order valence-electron chi connectivity index (χ1n) is 11.4. The summed E-state index contributed by atoms with van der Waals surface area (Å²) < 4.78 is 11.0. The van der Waals surface area contributed by atoms with Crippen LogP contribution in [0.25, 0.3) is 0 Å². The van der Waals surface area contributed by atoms with Crippen LogP contribution in [0.3, 0.4) is 0 Å². The number of esters is 2. The number of carbonyl (C=O) groups excluding carboxylic acids is 3. The van der Waals surface area contributed by atoms with Gasteiger partial charge in [-0.3, -0.25) is 4.79 Å². The van der Waals surface area contributed by atoms with Crippen LogP contribution >= 0.6 is 0 Å². The molecule has 1 aliphatic heterocycles. The maximum atomic E-state index is 13.1. The van der Waals surface area contributed by atoms with Gasteiger partial charge in [-0.15, -0.1) is 0 Å². The van der Waals surface area contributed by atoms with Gasteiger partial charge in [0, 0.05) is 12.8 Å². The molecule has 1 amide bonds. The van der Waals surface area contributed by atoms with Crippen molar-refractivity contribution in [2.24, 2.45) is 0 Å². The van der Waals surface area contributed by atoms with Crippen molar-refractivity contribution in [3.05, 3.63) is 64.7 Å². The number of likely N-dealkylation sites (tertiary alicyclic amines) is 1. The summed E-state index contributed by atoms with van der Waals surface area (Å²) in [6.07, 6.45) is 1.91. The molecule has 0 bridgehead atoms. The Kier molecular flexibility index (Phi) is 8.22. The molecular weight excluding hydrogens is 420 g/mol. The van der Waals surface area contributed by atoms with Gasteiger partial charge in [-0.1, -0.05) is 36.4 Å². The minimum atomic E-state index is -0.464. The predicted molar refractivity (Wildman–Crippen MR) is 126 cm³/mol. The molecule has 0 atom stereocenters. The quantitative estimate of drug-likeness (QED) is 0.462. The van der Waals surface area contributed by atoms with Crippen LogP contribution < -0.4 is 5.32 Å². The maximum Gasteiger partial charge on any atom is 0.362 e. The van der Waals surface area contributed by atoms with Crippen molar-refractivity contribution < 1.29 is 28.3 Å². The minimum Gasteiger partial charge on any atom is -0.462 e. The largest absolute Gasteiger partial charge is 0.462 e. The fourth-order valence-electron chi connectivity index (χ4n) is 4.42. The minimum absolute atomic E-state index is 0.149. The van der Waals surface area contributed by atoms with Crippen LogP contribution in [0.5, 0.6) is 0 Å². The van der Waals surface area contributed by atoms with Crippen molar-refractivity contribution >= 4 is 23.5 Å². The molecule has 0 saturated carbocycles. The molecule has 7 heteroatoms. The summed E-state index contributed by atoms with van der Waals surface area (Å²) >= 11 is 0. The molecule has 3 rings (SSSR count). The number of anilines is 1. The summed E-state index contributed by atoms with van der Waals surface area (Å²) in [5, 5.41) is 2.92. The van der Waals surface area contributed by atoms with E-state index in [2.05, 4.69) is 5.32 Å². The van der Waals surface area contributed by atoms with Crippen molar-refractivity contribution in [2.45, 2.75) is 40.2 Å². The van der Waals surface area contributed by atoms with Gasteiger partial charge in [0.15, 0.2) is 13.1 Å². The van der Waals surface area contributed by atoms with E-state index in [1.165, 1.54) is 0 Å². The molecule has 0 radical (unpaired) electrons. The van der Waals surface area contributed by atoms with Crippen LogP contribution in [0, 0.1) is 13.8 Å². The molecule has 1 aliphatic rings. The van der Waals surface area contributed by atoms with Crippen LogP contribution in [-0.2, 0) is 25.7 Å². The van der Waals surface area contributed by atoms with E-state index in [1.54, 1.807) is 13.0 Å². The third-order valence-corrected chi connectivity index (χ3v) is 5.94. The average Bonchev–Trinajstić information content (AvgIpc) is 3.22. The number of amides is 1. The normalized spacial score (nSPS) is 14.5. The standard InChI is InChI=1S/C26H32N2O5/c1-4-32-26(31)22-15-19(2)14-20(3)25(22)27-23(29)16-28(12-8-9-13-28)17-24(30)33-18-21-10-6-5-7-11-21/h5-7,10-11,14-15H,4,8-9,12-13,16-18H2,1-3H3/p+1. The summed E-state index contributed by atoms with van der Waals surface area (Å²) in [6.45, 7) is 7.75. The Hall–Kier alpha value is -3.19. The molecule has 1 N–H and O–H groups in total. The van der Waals surface area contributed by atoms with Crippen LogP contribution in [0.1, 0.15) is 46.8 Å². The number of aryl methyl sites for hydroxylation is 2. The number of ether oxygens (including phenoxy) is 2. The molecule has 1 fully saturated rings. The Morgan fingerprint density at radius 3 is 2.33 bits per heavy atom. The molecule has 0 aliphatic carbocycles. The number of nitrogens with one attached hydrogen (secondary N) is 1. The molecule has 7 nitrogen and oxygen atoms in total. The van der Waals surface area contributed by atoms with Crippen molar-refractivity contribution in [3.63, 3.8) is 0 Å². The zero-order valence-electron chi connectivity index (χ0n) is 19.7. The molecule has 0 spiro atoms. The topological polar surface area (TPSA) is 81.7 Å². The Morgan fingerprint density at radius 1 is 0.970 bits per heavy atom. The second-order valence-corrected chi connectivity index (χ2v) is 8.73. The van der Waals surface area contributed by atoms with E-state index in [1.807, 2.05) is 50.2 Å². The van der Waals surface area contributed by atoms with Gasteiger partial charge in [0.1, 0.15) is 6.61 Å². The van der Waals surface area contributed by atoms with Gasteiger partial charge < -0.3 is 19.3 Å². The summed E-state index contributed by atoms with van der Waals surface area (Å²) in [7, 11) is 0. The third kappa shape index (κ3) is 6.65. The lowest BCUT2D eigenvalue weighted by Gasteiger charge is -2.32. The summed E-state index contributed by atoms with van der Waals surface area (Å²) in [5.74, 6) is -1.01. The fraction of sp³-hybridized carbons (Fsp3) is 0.423. The number of rotatable bonds is 9. The molecule has 2 aromatic rings. The molecule has 2 aromatic carbocycles. The van der Waals surface area contributed by atoms with E-state index in [-0.39, 0.29) is 38.2 Å². The second-order valence-electron chi connectivity index (χ2n) is 8.73. The van der Waals surface area contributed by atoms with Gasteiger partial charge in [-0.25, -0.2) is 9.59 Å². The average molecular weight is 454 g/mol. The van der Waals surface area contributed by atoms with E-state index in [4.69, 9.17) is 9.47 Å². The van der Waals surface area contributed by atoms with Crippen LogP contribution in [-0.4, -0.2) is 55.1 Å². The highest BCUT2D eigenvalue weighted by Gasteiger charge is 2.37. The van der Waals surface area contributed by atoms with Crippen molar-refractivity contribution in [1.29, 1.82) is 0 Å². The molecular formula is C26H33N2O5+. The van der Waals surface area contributed by atoms with Crippen LogP contribution in [0.2, 0.25) is 0 Å². The molecule has 0 aromatic heterocycles. The smallest absolute Gasteiger partial charge is 0.362 e. The fourth-order valence-corrected chi connectivity index (χ4v) is 4.42. The van der Waals surface area contributed by atoms with E-state index < -0.39 is 5.97 Å². The maximum absolute atomic E-state index is 13.1. The van der Waals surface area contributed by atoms with Gasteiger partial charge >= 0.3 is 11.9 Å². The molecule has 1 saturated heterocycles. The van der Waals surface area contributed by atoms with Gasteiger partial charge in [0.2, 0.25) is 0 Å². The Balaban J connectivity index is 1.68. The van der Waals surface area contributed by atoms with E-state index in [0.717, 1.165) is 42.6 Å². The Labute approximate surface area is 195 Å². The molecule has 1 heterocycles. The number of hydrogen-bond donors (Lipinski definition) is 1. The lowest BCUT2D eigenvalue weighted by atomic mass is 10.0. The third-order valence-electron chi connectivity index (χ3n) is 5.94. The van der Waals surface area contributed by atoms with Crippen LogP contribution in [0.15, 0.2) is 42.5 Å². The van der Waals surface area contributed by atoms with E-state index >= 15 is 0 Å². The first-order valence-corrected chi connectivity index (χ1v) is 11.4. The van der Waals surface area contributed by atoms with Gasteiger partial charge in [0.05, 0.1) is 30.9 Å². The summed E-state index contributed by atoms with van der Waals surface area (Å²) in [5.41, 5.74) is 3.45. The lowest BCUT2D eigenvalue weighted by molar-refractivity contribution is -0.902. The van der Waals surface area contributed by atoms with E-state index in [9.17, 15) is 14.4 Å². The monoisotopic (exact) mass is 453 g/mol. The highest BCUT2D eigenvalue weighted by molar-refractivity contribution is 6.02. The van der Waals surface area contributed by atoms with Crippen molar-refractivity contribution in [3.8, 4) is 0 Å². The predicted octanol–water partition coefficient (Wildman–Crippen LogP) is 3.77. The highest BCUT2D eigenvalue weighted by atomic mass is 16.5. The number of carbonyl (C=O) groups is 3. The van der Waals surface area contributed by atoms with Crippen molar-refractivity contribution in [2.75, 3.05) is 38.1 Å². The number of quaternary nitrogens is 1.